The number of rotatable bonds is 13. The molecule has 1 atom stereocenters. The molecule has 1 fully saturated rings. The zero-order chi connectivity index (χ0) is 17.0. The second kappa shape index (κ2) is 12.0. The van der Waals surface area contributed by atoms with Crippen LogP contribution in [0.25, 0.3) is 0 Å². The second-order valence-electron chi connectivity index (χ2n) is 6.58. The van der Waals surface area contributed by atoms with Gasteiger partial charge in [0.2, 0.25) is 0 Å². The molecule has 4 heteroatoms. The molecule has 1 aliphatic heterocycles. The molecule has 0 aliphatic carbocycles. The highest BCUT2D eigenvalue weighted by Crippen LogP contribution is 2.34. The van der Waals surface area contributed by atoms with E-state index in [0.29, 0.717) is 6.61 Å². The van der Waals surface area contributed by atoms with Crippen LogP contribution in [0.5, 0.6) is 0 Å². The Morgan fingerprint density at radius 1 is 0.957 bits per heavy atom. The Hall–Kier alpha value is -0.450. The van der Waals surface area contributed by atoms with Gasteiger partial charge in [0.15, 0.2) is 5.78 Å². The molecule has 0 spiro atoms. The molecule has 4 nitrogen and oxygen atoms in total. The van der Waals surface area contributed by atoms with Gasteiger partial charge in [0.25, 0.3) is 5.97 Å². The van der Waals surface area contributed by atoms with E-state index in [1.165, 1.54) is 32.1 Å². The lowest BCUT2D eigenvalue weighted by molar-refractivity contribution is -0.411. The normalized spacial score (nSPS) is 19.0. The number of hydrogen-bond acceptors (Lipinski definition) is 4. The summed E-state index contributed by atoms with van der Waals surface area (Å²) in [6.07, 6.45) is 11.6. The van der Waals surface area contributed by atoms with Gasteiger partial charge in [-0.2, -0.15) is 0 Å². The summed E-state index contributed by atoms with van der Waals surface area (Å²) in [5, 5.41) is 0. The molecular formula is C19H36O4. The third-order valence-corrected chi connectivity index (χ3v) is 4.57. The molecular weight excluding hydrogens is 292 g/mol. The van der Waals surface area contributed by atoms with Gasteiger partial charge in [-0.05, 0) is 19.3 Å². The van der Waals surface area contributed by atoms with Gasteiger partial charge in [0.1, 0.15) is 13.2 Å². The summed E-state index contributed by atoms with van der Waals surface area (Å²) >= 11 is 0. The maximum absolute atomic E-state index is 11.4. The molecule has 0 N–H and O–H groups in total. The summed E-state index contributed by atoms with van der Waals surface area (Å²) in [4.78, 5) is 11.4. The number of ether oxygens (including phenoxy) is 3. The Morgan fingerprint density at radius 2 is 1.57 bits per heavy atom. The lowest BCUT2D eigenvalue weighted by Gasteiger charge is -2.41. The number of carbonyl (C=O) groups excluding carboxylic acids is 1. The van der Waals surface area contributed by atoms with Crippen LogP contribution in [0.3, 0.4) is 0 Å². The van der Waals surface area contributed by atoms with E-state index in [1.807, 2.05) is 0 Å². The Labute approximate surface area is 142 Å². The van der Waals surface area contributed by atoms with Crippen LogP contribution in [0, 0.1) is 5.92 Å². The maximum Gasteiger partial charge on any atom is 0.286 e. The lowest BCUT2D eigenvalue weighted by Crippen LogP contribution is -2.52. The van der Waals surface area contributed by atoms with Crippen LogP contribution in [0.1, 0.15) is 85.0 Å². The van der Waals surface area contributed by atoms with Gasteiger partial charge in [-0.25, -0.2) is 0 Å². The minimum Gasteiger partial charge on any atom is -0.327 e. The first kappa shape index (κ1) is 20.6. The van der Waals surface area contributed by atoms with Crippen molar-refractivity contribution in [1.82, 2.24) is 0 Å². The summed E-state index contributed by atoms with van der Waals surface area (Å²) < 4.78 is 17.6. The summed E-state index contributed by atoms with van der Waals surface area (Å²) in [6, 6.07) is 0. The summed E-state index contributed by atoms with van der Waals surface area (Å²) in [7, 11) is 0. The van der Waals surface area contributed by atoms with Crippen molar-refractivity contribution in [2.24, 2.45) is 5.92 Å². The largest absolute Gasteiger partial charge is 0.327 e. The molecule has 1 unspecified atom stereocenters. The molecule has 0 radical (unpaired) electrons. The van der Waals surface area contributed by atoms with E-state index in [0.717, 1.165) is 32.1 Å². The molecule has 1 heterocycles. The number of hydrogen-bond donors (Lipinski definition) is 0. The van der Waals surface area contributed by atoms with E-state index in [9.17, 15) is 4.79 Å². The Balaban J connectivity index is 2.46. The van der Waals surface area contributed by atoms with Crippen LogP contribution in [0.4, 0.5) is 0 Å². The predicted octanol–water partition coefficient (Wildman–Crippen LogP) is 4.85. The molecule has 1 aliphatic rings. The molecule has 136 valence electrons. The fraction of sp³-hybridized carbons (Fsp3) is 0.947. The van der Waals surface area contributed by atoms with Crippen LogP contribution in [0.15, 0.2) is 0 Å². The van der Waals surface area contributed by atoms with Crippen molar-refractivity contribution in [3.05, 3.63) is 0 Å². The van der Waals surface area contributed by atoms with Crippen LogP contribution in [-0.4, -0.2) is 31.6 Å². The third-order valence-electron chi connectivity index (χ3n) is 4.57. The fourth-order valence-electron chi connectivity index (χ4n) is 3.06. The van der Waals surface area contributed by atoms with Gasteiger partial charge < -0.3 is 14.2 Å². The number of unbranched alkanes of at least 4 members (excludes halogenated alkanes) is 6. The maximum atomic E-state index is 11.4. The van der Waals surface area contributed by atoms with Gasteiger partial charge in [-0.3, -0.25) is 4.79 Å². The standard InChI is InChI=1S/C19H36O4/c1-4-7-9-10-11-12-14-21-19(17(6-3)13-8-5-2)22-15-18(20)16-23-19/h17H,4-16H2,1-3H3. The minimum absolute atomic E-state index is 0.00543. The van der Waals surface area contributed by atoms with E-state index < -0.39 is 5.97 Å². The lowest BCUT2D eigenvalue weighted by atomic mass is 9.96. The summed E-state index contributed by atoms with van der Waals surface area (Å²) in [5.74, 6) is -0.814. The van der Waals surface area contributed by atoms with Crippen molar-refractivity contribution in [2.45, 2.75) is 91.0 Å². The number of ketones is 1. The van der Waals surface area contributed by atoms with Crippen molar-refractivity contribution in [3.63, 3.8) is 0 Å². The van der Waals surface area contributed by atoms with Gasteiger partial charge in [0.05, 0.1) is 6.61 Å². The summed E-state index contributed by atoms with van der Waals surface area (Å²) in [5.41, 5.74) is 0. The van der Waals surface area contributed by atoms with Crippen LogP contribution in [-0.2, 0) is 19.0 Å². The van der Waals surface area contributed by atoms with Gasteiger partial charge in [0, 0.05) is 5.92 Å². The average molecular weight is 328 g/mol. The quantitative estimate of drug-likeness (QED) is 0.453. The van der Waals surface area contributed by atoms with Gasteiger partial charge in [-0.1, -0.05) is 65.7 Å². The first-order valence-electron chi connectivity index (χ1n) is 9.62. The second-order valence-corrected chi connectivity index (χ2v) is 6.58. The highest BCUT2D eigenvalue weighted by atomic mass is 16.9. The molecule has 0 aromatic carbocycles. The van der Waals surface area contributed by atoms with E-state index in [4.69, 9.17) is 14.2 Å². The molecule has 0 aromatic rings. The molecule has 1 saturated heterocycles. The molecule has 0 amide bonds. The zero-order valence-electron chi connectivity index (χ0n) is 15.4. The molecule has 23 heavy (non-hydrogen) atoms. The Morgan fingerprint density at radius 3 is 2.17 bits per heavy atom. The molecule has 0 aromatic heterocycles. The summed E-state index contributed by atoms with van der Waals surface area (Å²) in [6.45, 7) is 7.41. The SMILES string of the molecule is CCCCCCCCOC1(C(CC)CCCC)OCC(=O)CO1. The van der Waals surface area contributed by atoms with E-state index in [2.05, 4.69) is 20.8 Å². The molecule has 0 saturated carbocycles. The predicted molar refractivity (Wildman–Crippen MR) is 92.3 cm³/mol. The first-order chi connectivity index (χ1) is 11.2. The minimum atomic E-state index is -0.999. The van der Waals surface area contributed by atoms with Gasteiger partial charge >= 0.3 is 0 Å². The topological polar surface area (TPSA) is 44.8 Å². The fourth-order valence-corrected chi connectivity index (χ4v) is 3.06. The molecule has 0 bridgehead atoms. The van der Waals surface area contributed by atoms with Crippen molar-refractivity contribution < 1.29 is 19.0 Å². The first-order valence-corrected chi connectivity index (χ1v) is 9.62. The number of Topliss-reactive ketones (excluding diaryl/α,β-unsaturated/α-hetero) is 1. The van der Waals surface area contributed by atoms with E-state index in [-0.39, 0.29) is 24.9 Å². The average Bonchev–Trinajstić information content (AvgIpc) is 2.57. The van der Waals surface area contributed by atoms with Crippen LogP contribution >= 0.6 is 0 Å². The Kier molecular flexibility index (Phi) is 10.7. The molecule has 1 rings (SSSR count). The van der Waals surface area contributed by atoms with Crippen LogP contribution in [0.2, 0.25) is 0 Å². The van der Waals surface area contributed by atoms with Gasteiger partial charge in [-0.15, -0.1) is 0 Å². The van der Waals surface area contributed by atoms with Crippen molar-refractivity contribution >= 4 is 5.78 Å². The van der Waals surface area contributed by atoms with Crippen molar-refractivity contribution in [2.75, 3.05) is 19.8 Å². The van der Waals surface area contributed by atoms with Crippen molar-refractivity contribution in [1.29, 1.82) is 0 Å². The van der Waals surface area contributed by atoms with Crippen LogP contribution < -0.4 is 0 Å². The number of carbonyl (C=O) groups is 1. The van der Waals surface area contributed by atoms with Crippen molar-refractivity contribution in [3.8, 4) is 0 Å². The Bertz CT molecular complexity index is 306. The van der Waals surface area contributed by atoms with E-state index >= 15 is 0 Å². The highest BCUT2D eigenvalue weighted by Gasteiger charge is 2.44. The monoisotopic (exact) mass is 328 g/mol. The third kappa shape index (κ3) is 7.32. The zero-order valence-corrected chi connectivity index (χ0v) is 15.4. The van der Waals surface area contributed by atoms with E-state index in [1.54, 1.807) is 0 Å². The highest BCUT2D eigenvalue weighted by molar-refractivity contribution is 5.81. The smallest absolute Gasteiger partial charge is 0.286 e.